The molecule has 0 spiro atoms. The van der Waals surface area contributed by atoms with Gasteiger partial charge in [-0.2, -0.15) is 0 Å². The summed E-state index contributed by atoms with van der Waals surface area (Å²) in [7, 11) is 0. The quantitative estimate of drug-likeness (QED) is 0.697. The molecular weight excluding hydrogens is 322 g/mol. The SMILES string of the molecule is Cc1ccc([C@H](C)NC(=O)[C@@H](C)Oc2cccc3ccccc23)c(C)c1. The van der Waals surface area contributed by atoms with E-state index in [-0.39, 0.29) is 11.9 Å². The third-order valence-corrected chi connectivity index (χ3v) is 4.67. The second-order valence-electron chi connectivity index (χ2n) is 6.83. The number of ether oxygens (including phenoxy) is 1. The van der Waals surface area contributed by atoms with E-state index in [0.29, 0.717) is 0 Å². The van der Waals surface area contributed by atoms with E-state index in [1.807, 2.05) is 49.4 Å². The maximum atomic E-state index is 12.6. The topological polar surface area (TPSA) is 38.3 Å². The van der Waals surface area contributed by atoms with Crippen molar-refractivity contribution >= 4 is 16.7 Å². The molecule has 3 aromatic rings. The van der Waals surface area contributed by atoms with Gasteiger partial charge in [0.25, 0.3) is 5.91 Å². The molecule has 3 heteroatoms. The number of aryl methyl sites for hydroxylation is 2. The number of rotatable bonds is 5. The van der Waals surface area contributed by atoms with Gasteiger partial charge in [-0.3, -0.25) is 4.79 Å². The van der Waals surface area contributed by atoms with Crippen LogP contribution in [0.3, 0.4) is 0 Å². The Kier molecular flexibility index (Phi) is 5.27. The predicted molar refractivity (Wildman–Crippen MR) is 107 cm³/mol. The van der Waals surface area contributed by atoms with Gasteiger partial charge >= 0.3 is 0 Å². The Balaban J connectivity index is 1.71. The molecule has 3 nitrogen and oxygen atoms in total. The molecule has 0 saturated heterocycles. The van der Waals surface area contributed by atoms with E-state index in [0.717, 1.165) is 22.1 Å². The molecule has 0 aliphatic carbocycles. The van der Waals surface area contributed by atoms with E-state index in [4.69, 9.17) is 4.74 Å². The zero-order valence-electron chi connectivity index (χ0n) is 15.7. The fourth-order valence-electron chi connectivity index (χ4n) is 3.26. The highest BCUT2D eigenvalue weighted by molar-refractivity contribution is 5.89. The van der Waals surface area contributed by atoms with E-state index < -0.39 is 6.10 Å². The number of hydrogen-bond donors (Lipinski definition) is 1. The van der Waals surface area contributed by atoms with Crippen molar-refractivity contribution in [3.63, 3.8) is 0 Å². The molecule has 0 bridgehead atoms. The first-order valence-corrected chi connectivity index (χ1v) is 8.97. The van der Waals surface area contributed by atoms with Gasteiger partial charge in [0.05, 0.1) is 6.04 Å². The average molecular weight is 347 g/mol. The predicted octanol–water partition coefficient (Wildman–Crippen LogP) is 5.10. The first kappa shape index (κ1) is 18.0. The summed E-state index contributed by atoms with van der Waals surface area (Å²) in [6.07, 6.45) is -0.575. The van der Waals surface area contributed by atoms with Crippen molar-refractivity contribution in [1.29, 1.82) is 0 Å². The average Bonchev–Trinajstić information content (AvgIpc) is 2.61. The van der Waals surface area contributed by atoms with Crippen molar-refractivity contribution in [2.45, 2.75) is 39.8 Å². The Hall–Kier alpha value is -2.81. The van der Waals surface area contributed by atoms with E-state index in [1.54, 1.807) is 6.92 Å². The third kappa shape index (κ3) is 3.88. The van der Waals surface area contributed by atoms with Crippen LogP contribution in [-0.4, -0.2) is 12.0 Å². The van der Waals surface area contributed by atoms with E-state index in [1.165, 1.54) is 11.1 Å². The van der Waals surface area contributed by atoms with Crippen LogP contribution in [0, 0.1) is 13.8 Å². The Labute approximate surface area is 155 Å². The minimum atomic E-state index is -0.575. The van der Waals surface area contributed by atoms with Crippen LogP contribution >= 0.6 is 0 Å². The normalized spacial score (nSPS) is 13.2. The molecule has 3 aromatic carbocycles. The van der Waals surface area contributed by atoms with Crippen LogP contribution in [0.4, 0.5) is 0 Å². The highest BCUT2D eigenvalue weighted by Gasteiger charge is 2.19. The number of carbonyl (C=O) groups is 1. The van der Waals surface area contributed by atoms with Crippen LogP contribution < -0.4 is 10.1 Å². The molecule has 0 heterocycles. The van der Waals surface area contributed by atoms with Gasteiger partial charge in [0.15, 0.2) is 6.10 Å². The number of benzene rings is 3. The minimum Gasteiger partial charge on any atom is -0.480 e. The van der Waals surface area contributed by atoms with Crippen LogP contribution in [0.1, 0.15) is 36.6 Å². The lowest BCUT2D eigenvalue weighted by molar-refractivity contribution is -0.127. The summed E-state index contributed by atoms with van der Waals surface area (Å²) in [5.74, 6) is 0.607. The third-order valence-electron chi connectivity index (χ3n) is 4.67. The maximum absolute atomic E-state index is 12.6. The van der Waals surface area contributed by atoms with Gasteiger partial charge in [0.2, 0.25) is 0 Å². The maximum Gasteiger partial charge on any atom is 0.261 e. The van der Waals surface area contributed by atoms with Crippen LogP contribution in [0.25, 0.3) is 10.8 Å². The van der Waals surface area contributed by atoms with Crippen molar-refractivity contribution < 1.29 is 9.53 Å². The van der Waals surface area contributed by atoms with Gasteiger partial charge < -0.3 is 10.1 Å². The summed E-state index contributed by atoms with van der Waals surface area (Å²) in [4.78, 5) is 12.6. The lowest BCUT2D eigenvalue weighted by Crippen LogP contribution is -2.38. The fraction of sp³-hybridized carbons (Fsp3) is 0.261. The van der Waals surface area contributed by atoms with Gasteiger partial charge in [-0.25, -0.2) is 0 Å². The molecule has 0 saturated carbocycles. The van der Waals surface area contributed by atoms with Crippen molar-refractivity contribution in [2.24, 2.45) is 0 Å². The Morgan fingerprint density at radius 3 is 2.46 bits per heavy atom. The summed E-state index contributed by atoms with van der Waals surface area (Å²) >= 11 is 0. The second-order valence-corrected chi connectivity index (χ2v) is 6.83. The Morgan fingerprint density at radius 1 is 0.962 bits per heavy atom. The van der Waals surface area contributed by atoms with Crippen molar-refractivity contribution in [2.75, 3.05) is 0 Å². The molecular formula is C23H25NO2. The molecule has 2 atom stereocenters. The first-order valence-electron chi connectivity index (χ1n) is 8.97. The summed E-state index contributed by atoms with van der Waals surface area (Å²) in [6, 6.07) is 20.1. The Bertz CT molecular complexity index is 927. The first-order chi connectivity index (χ1) is 12.5. The molecule has 1 amide bonds. The molecule has 134 valence electrons. The van der Waals surface area contributed by atoms with Crippen molar-refractivity contribution in [3.8, 4) is 5.75 Å². The standard InChI is InChI=1S/C23H25NO2/c1-15-12-13-20(16(2)14-15)17(3)24-23(25)18(4)26-22-11-7-9-19-8-5-6-10-21(19)22/h5-14,17-18H,1-4H3,(H,24,25)/t17-,18+/m0/s1. The largest absolute Gasteiger partial charge is 0.480 e. The van der Waals surface area contributed by atoms with E-state index in [9.17, 15) is 4.79 Å². The Morgan fingerprint density at radius 2 is 1.69 bits per heavy atom. The van der Waals surface area contributed by atoms with Gasteiger partial charge in [-0.1, -0.05) is 60.2 Å². The zero-order valence-corrected chi connectivity index (χ0v) is 15.7. The van der Waals surface area contributed by atoms with Gasteiger partial charge in [0, 0.05) is 5.39 Å². The van der Waals surface area contributed by atoms with Gasteiger partial charge in [0.1, 0.15) is 5.75 Å². The minimum absolute atomic E-state index is 0.0679. The summed E-state index contributed by atoms with van der Waals surface area (Å²) in [6.45, 7) is 7.92. The molecule has 0 unspecified atom stereocenters. The van der Waals surface area contributed by atoms with Crippen molar-refractivity contribution in [3.05, 3.63) is 77.4 Å². The molecule has 3 rings (SSSR count). The van der Waals surface area contributed by atoms with Gasteiger partial charge in [-0.05, 0) is 50.3 Å². The van der Waals surface area contributed by atoms with E-state index >= 15 is 0 Å². The lowest BCUT2D eigenvalue weighted by atomic mass is 10.00. The number of amides is 1. The monoisotopic (exact) mass is 347 g/mol. The zero-order chi connectivity index (χ0) is 18.7. The van der Waals surface area contributed by atoms with Crippen LogP contribution in [-0.2, 0) is 4.79 Å². The summed E-state index contributed by atoms with van der Waals surface area (Å²) in [5, 5.41) is 5.17. The summed E-state index contributed by atoms with van der Waals surface area (Å²) < 4.78 is 5.96. The number of hydrogen-bond acceptors (Lipinski definition) is 2. The highest BCUT2D eigenvalue weighted by atomic mass is 16.5. The van der Waals surface area contributed by atoms with Crippen LogP contribution in [0.15, 0.2) is 60.7 Å². The van der Waals surface area contributed by atoms with Crippen LogP contribution in [0.2, 0.25) is 0 Å². The van der Waals surface area contributed by atoms with Crippen LogP contribution in [0.5, 0.6) is 5.75 Å². The second kappa shape index (κ2) is 7.61. The molecule has 0 fully saturated rings. The number of carbonyl (C=O) groups excluding carboxylic acids is 1. The molecule has 0 radical (unpaired) electrons. The van der Waals surface area contributed by atoms with Gasteiger partial charge in [-0.15, -0.1) is 0 Å². The van der Waals surface area contributed by atoms with Crippen molar-refractivity contribution in [1.82, 2.24) is 5.32 Å². The molecule has 1 N–H and O–H groups in total. The van der Waals surface area contributed by atoms with E-state index in [2.05, 4.69) is 37.4 Å². The molecule has 26 heavy (non-hydrogen) atoms. The fourth-order valence-corrected chi connectivity index (χ4v) is 3.26. The summed E-state index contributed by atoms with van der Waals surface area (Å²) in [5.41, 5.74) is 3.53. The molecule has 0 aliphatic heterocycles. The highest BCUT2D eigenvalue weighted by Crippen LogP contribution is 2.26. The lowest BCUT2D eigenvalue weighted by Gasteiger charge is -2.21. The number of nitrogens with one attached hydrogen (secondary N) is 1. The molecule has 0 aliphatic rings. The molecule has 0 aromatic heterocycles. The smallest absolute Gasteiger partial charge is 0.261 e. The number of fused-ring (bicyclic) bond motifs is 1.